The molecule has 0 spiro atoms. The quantitative estimate of drug-likeness (QED) is 0.493. The molecule has 2 fully saturated rings. The van der Waals surface area contributed by atoms with Crippen LogP contribution in [0.1, 0.15) is 97.8 Å². The van der Waals surface area contributed by atoms with Gasteiger partial charge >= 0.3 is 0 Å². The van der Waals surface area contributed by atoms with E-state index in [-0.39, 0.29) is 0 Å². The molecule has 4 unspecified atom stereocenters. The molecule has 2 aliphatic rings. The molecular formula is C20H38. The number of hydrogen-bond acceptors (Lipinski definition) is 0. The van der Waals surface area contributed by atoms with E-state index in [1.54, 1.807) is 0 Å². The minimum absolute atomic E-state index is 0.962. The van der Waals surface area contributed by atoms with Gasteiger partial charge in [0.05, 0.1) is 0 Å². The van der Waals surface area contributed by atoms with Gasteiger partial charge in [-0.15, -0.1) is 0 Å². The van der Waals surface area contributed by atoms with Crippen LogP contribution in [0.15, 0.2) is 0 Å². The summed E-state index contributed by atoms with van der Waals surface area (Å²) in [6, 6.07) is 0. The molecule has 0 aliphatic heterocycles. The Kier molecular flexibility index (Phi) is 6.91. The van der Waals surface area contributed by atoms with E-state index < -0.39 is 0 Å². The first-order chi connectivity index (χ1) is 9.68. The Morgan fingerprint density at radius 1 is 0.500 bits per heavy atom. The Balaban J connectivity index is 1.91. The summed E-state index contributed by atoms with van der Waals surface area (Å²) in [6.07, 6.45) is 18.1. The number of rotatable bonds is 1. The molecule has 0 aromatic carbocycles. The van der Waals surface area contributed by atoms with Gasteiger partial charge < -0.3 is 0 Å². The van der Waals surface area contributed by atoms with Gasteiger partial charge in [-0.2, -0.15) is 0 Å². The summed E-state index contributed by atoms with van der Waals surface area (Å²) in [5.41, 5.74) is 0. The Bertz CT molecular complexity index is 245. The summed E-state index contributed by atoms with van der Waals surface area (Å²) in [4.78, 5) is 0. The van der Waals surface area contributed by atoms with Gasteiger partial charge in [0.15, 0.2) is 0 Å². The second-order valence-corrected chi connectivity index (χ2v) is 8.23. The van der Waals surface area contributed by atoms with Crippen LogP contribution in [0.3, 0.4) is 0 Å². The van der Waals surface area contributed by atoms with Gasteiger partial charge in [0.25, 0.3) is 0 Å². The first kappa shape index (κ1) is 16.4. The molecule has 0 heterocycles. The van der Waals surface area contributed by atoms with Crippen molar-refractivity contribution < 1.29 is 0 Å². The van der Waals surface area contributed by atoms with Gasteiger partial charge in [0.1, 0.15) is 0 Å². The maximum Gasteiger partial charge on any atom is -0.0357 e. The zero-order chi connectivity index (χ0) is 14.4. The van der Waals surface area contributed by atoms with Gasteiger partial charge in [-0.1, -0.05) is 85.0 Å². The average Bonchev–Trinajstić information content (AvgIpc) is 2.48. The lowest BCUT2D eigenvalue weighted by molar-refractivity contribution is 0.0856. The van der Waals surface area contributed by atoms with Gasteiger partial charge in [-0.05, 0) is 42.4 Å². The molecule has 0 amide bonds. The van der Waals surface area contributed by atoms with Crippen molar-refractivity contribution in [3.8, 4) is 0 Å². The van der Waals surface area contributed by atoms with Crippen LogP contribution in [0.5, 0.6) is 0 Å². The minimum atomic E-state index is 0.962. The molecule has 0 aromatic heterocycles. The second kappa shape index (κ2) is 8.44. The lowest BCUT2D eigenvalue weighted by Gasteiger charge is -2.41. The third-order valence-electron chi connectivity index (χ3n) is 6.60. The molecule has 0 saturated heterocycles. The SMILES string of the molecule is CC1CC(C)C(C2CCCCCCCCCC2)CC1C. The van der Waals surface area contributed by atoms with Crippen molar-refractivity contribution in [1.29, 1.82) is 0 Å². The van der Waals surface area contributed by atoms with Gasteiger partial charge in [-0.25, -0.2) is 0 Å². The van der Waals surface area contributed by atoms with Gasteiger partial charge in [-0.3, -0.25) is 0 Å². The van der Waals surface area contributed by atoms with E-state index in [0.29, 0.717) is 0 Å². The predicted molar refractivity (Wildman–Crippen MR) is 89.9 cm³/mol. The lowest BCUT2D eigenvalue weighted by Crippen LogP contribution is -2.32. The zero-order valence-corrected chi connectivity index (χ0v) is 14.4. The minimum Gasteiger partial charge on any atom is -0.0622 e. The zero-order valence-electron chi connectivity index (χ0n) is 14.4. The highest BCUT2D eigenvalue weighted by molar-refractivity contribution is 4.84. The highest BCUT2D eigenvalue weighted by Gasteiger charge is 2.34. The van der Waals surface area contributed by atoms with Crippen LogP contribution >= 0.6 is 0 Å². The molecule has 0 aromatic rings. The van der Waals surface area contributed by atoms with E-state index in [0.717, 1.165) is 29.6 Å². The predicted octanol–water partition coefficient (Wildman–Crippen LogP) is 6.84. The van der Waals surface area contributed by atoms with Crippen LogP contribution in [-0.4, -0.2) is 0 Å². The highest BCUT2D eigenvalue weighted by Crippen LogP contribution is 2.44. The van der Waals surface area contributed by atoms with Crippen LogP contribution in [0.25, 0.3) is 0 Å². The van der Waals surface area contributed by atoms with Crippen LogP contribution in [0.4, 0.5) is 0 Å². The van der Waals surface area contributed by atoms with E-state index in [4.69, 9.17) is 0 Å². The van der Waals surface area contributed by atoms with Crippen molar-refractivity contribution in [3.05, 3.63) is 0 Å². The summed E-state index contributed by atoms with van der Waals surface area (Å²) in [5, 5.41) is 0. The third kappa shape index (κ3) is 4.78. The van der Waals surface area contributed by atoms with Crippen LogP contribution in [0.2, 0.25) is 0 Å². The molecule has 0 bridgehead atoms. The van der Waals surface area contributed by atoms with Crippen molar-refractivity contribution in [2.45, 2.75) is 97.8 Å². The Morgan fingerprint density at radius 2 is 0.950 bits per heavy atom. The monoisotopic (exact) mass is 278 g/mol. The van der Waals surface area contributed by atoms with Crippen LogP contribution < -0.4 is 0 Å². The highest BCUT2D eigenvalue weighted by atomic mass is 14.4. The maximum atomic E-state index is 2.55. The lowest BCUT2D eigenvalue weighted by atomic mass is 9.64. The van der Waals surface area contributed by atoms with Gasteiger partial charge in [0.2, 0.25) is 0 Å². The Labute approximate surface area is 128 Å². The van der Waals surface area contributed by atoms with E-state index in [1.165, 1.54) is 77.0 Å². The summed E-state index contributed by atoms with van der Waals surface area (Å²) in [5.74, 6) is 5.01. The summed E-state index contributed by atoms with van der Waals surface area (Å²) >= 11 is 0. The van der Waals surface area contributed by atoms with Crippen molar-refractivity contribution in [2.24, 2.45) is 29.6 Å². The molecule has 2 saturated carbocycles. The maximum absolute atomic E-state index is 2.55. The van der Waals surface area contributed by atoms with Crippen molar-refractivity contribution >= 4 is 0 Å². The molecule has 0 N–H and O–H groups in total. The summed E-state index contributed by atoms with van der Waals surface area (Å²) in [7, 11) is 0. The molecule has 2 aliphatic carbocycles. The topological polar surface area (TPSA) is 0 Å². The van der Waals surface area contributed by atoms with Crippen LogP contribution in [0, 0.1) is 29.6 Å². The van der Waals surface area contributed by atoms with E-state index in [9.17, 15) is 0 Å². The first-order valence-electron chi connectivity index (χ1n) is 9.68. The summed E-state index contributed by atoms with van der Waals surface area (Å²) < 4.78 is 0. The molecule has 20 heavy (non-hydrogen) atoms. The smallest absolute Gasteiger partial charge is 0.0357 e. The standard InChI is InChI=1S/C20H38/c1-16-14-18(3)20(15-17(16)2)19-12-10-8-6-4-5-7-9-11-13-19/h16-20H,4-15H2,1-3H3. The molecule has 0 heteroatoms. The largest absolute Gasteiger partial charge is 0.0622 e. The van der Waals surface area contributed by atoms with E-state index >= 15 is 0 Å². The molecule has 118 valence electrons. The molecule has 0 nitrogen and oxygen atoms in total. The Morgan fingerprint density at radius 3 is 1.50 bits per heavy atom. The van der Waals surface area contributed by atoms with E-state index in [2.05, 4.69) is 20.8 Å². The average molecular weight is 279 g/mol. The van der Waals surface area contributed by atoms with Gasteiger partial charge in [0, 0.05) is 0 Å². The molecule has 2 rings (SSSR count). The van der Waals surface area contributed by atoms with E-state index in [1.807, 2.05) is 0 Å². The second-order valence-electron chi connectivity index (χ2n) is 8.23. The Hall–Kier alpha value is 0. The number of hydrogen-bond donors (Lipinski definition) is 0. The fourth-order valence-corrected chi connectivity index (χ4v) is 4.99. The molecular weight excluding hydrogens is 240 g/mol. The molecule has 4 atom stereocenters. The fourth-order valence-electron chi connectivity index (χ4n) is 4.99. The normalized spacial score (nSPS) is 39.1. The van der Waals surface area contributed by atoms with Crippen LogP contribution in [-0.2, 0) is 0 Å². The van der Waals surface area contributed by atoms with Crippen molar-refractivity contribution in [2.75, 3.05) is 0 Å². The molecule has 0 radical (unpaired) electrons. The summed E-state index contributed by atoms with van der Waals surface area (Å²) in [6.45, 7) is 7.54. The van der Waals surface area contributed by atoms with Crippen molar-refractivity contribution in [1.82, 2.24) is 0 Å². The van der Waals surface area contributed by atoms with Crippen molar-refractivity contribution in [3.63, 3.8) is 0 Å². The third-order valence-corrected chi connectivity index (χ3v) is 6.60. The fraction of sp³-hybridized carbons (Fsp3) is 1.00. The first-order valence-corrected chi connectivity index (χ1v) is 9.68.